The lowest BCUT2D eigenvalue weighted by Crippen LogP contribution is -2.09. The van der Waals surface area contributed by atoms with Crippen LogP contribution in [0.2, 0.25) is 0 Å². The molecule has 114 valence electrons. The van der Waals surface area contributed by atoms with Gasteiger partial charge in [0.15, 0.2) is 0 Å². The number of hydrogen-bond acceptors (Lipinski definition) is 4. The van der Waals surface area contributed by atoms with Crippen molar-refractivity contribution in [1.82, 2.24) is 15.0 Å². The second-order valence-corrected chi connectivity index (χ2v) is 5.60. The first kappa shape index (κ1) is 15.5. The molecule has 0 aliphatic carbocycles. The highest BCUT2D eigenvalue weighted by atomic mass is 16.5. The number of ether oxygens (including phenoxy) is 1. The molecule has 0 bridgehead atoms. The minimum Gasteiger partial charge on any atom is -0.492 e. The summed E-state index contributed by atoms with van der Waals surface area (Å²) in [6.45, 7) is 9.27. The summed E-state index contributed by atoms with van der Waals surface area (Å²) in [4.78, 5) is 0. The molecule has 1 N–H and O–H groups in total. The third-order valence-corrected chi connectivity index (χ3v) is 3.44. The molecule has 5 nitrogen and oxygen atoms in total. The number of hydrogen-bond donors (Lipinski definition) is 1. The molecule has 21 heavy (non-hydrogen) atoms. The first-order valence-corrected chi connectivity index (χ1v) is 7.29. The van der Waals surface area contributed by atoms with Crippen molar-refractivity contribution in [3.8, 4) is 5.75 Å². The molecule has 5 heteroatoms. The zero-order valence-electron chi connectivity index (χ0n) is 13.1. The quantitative estimate of drug-likeness (QED) is 0.888. The SMILES string of the molecule is Cc1cc(OCCn2cc(C(C)O)nn2)ccc1C(C)C. The van der Waals surface area contributed by atoms with Gasteiger partial charge in [-0.3, -0.25) is 0 Å². The Balaban J connectivity index is 1.89. The summed E-state index contributed by atoms with van der Waals surface area (Å²) < 4.78 is 7.42. The third-order valence-electron chi connectivity index (χ3n) is 3.44. The highest BCUT2D eigenvalue weighted by Crippen LogP contribution is 2.23. The third kappa shape index (κ3) is 4.04. The minimum absolute atomic E-state index is 0.517. The molecule has 0 amide bonds. The van der Waals surface area contributed by atoms with Crippen molar-refractivity contribution >= 4 is 0 Å². The van der Waals surface area contributed by atoms with Crippen LogP contribution < -0.4 is 4.74 Å². The zero-order valence-corrected chi connectivity index (χ0v) is 13.1. The molecular formula is C16H23N3O2. The van der Waals surface area contributed by atoms with Crippen molar-refractivity contribution in [2.24, 2.45) is 0 Å². The van der Waals surface area contributed by atoms with Gasteiger partial charge in [0.25, 0.3) is 0 Å². The topological polar surface area (TPSA) is 60.2 Å². The van der Waals surface area contributed by atoms with Gasteiger partial charge in [-0.1, -0.05) is 25.1 Å². The fourth-order valence-electron chi connectivity index (χ4n) is 2.26. The molecule has 0 radical (unpaired) electrons. The maximum absolute atomic E-state index is 9.39. The molecular weight excluding hydrogens is 266 g/mol. The average molecular weight is 289 g/mol. The lowest BCUT2D eigenvalue weighted by molar-refractivity contribution is 0.194. The Kier molecular flexibility index (Phi) is 4.96. The van der Waals surface area contributed by atoms with E-state index < -0.39 is 6.10 Å². The molecule has 0 saturated heterocycles. The predicted octanol–water partition coefficient (Wildman–Crippen LogP) is 2.84. The van der Waals surface area contributed by atoms with E-state index >= 15 is 0 Å². The number of aryl methyl sites for hydroxylation is 1. The van der Waals surface area contributed by atoms with Gasteiger partial charge in [-0.2, -0.15) is 0 Å². The summed E-state index contributed by atoms with van der Waals surface area (Å²) in [7, 11) is 0. The standard InChI is InChI=1S/C16H23N3O2/c1-11(2)15-6-5-14(9-12(15)3)21-8-7-19-10-16(13(4)20)17-18-19/h5-6,9-11,13,20H,7-8H2,1-4H3. The van der Waals surface area contributed by atoms with Crippen LogP contribution in [0.5, 0.6) is 5.75 Å². The van der Waals surface area contributed by atoms with Gasteiger partial charge in [-0.05, 0) is 43.0 Å². The molecule has 1 heterocycles. The number of aliphatic hydroxyl groups is 1. The van der Waals surface area contributed by atoms with Gasteiger partial charge < -0.3 is 9.84 Å². The molecule has 1 aromatic heterocycles. The van der Waals surface area contributed by atoms with Gasteiger partial charge in [0.1, 0.15) is 18.1 Å². The van der Waals surface area contributed by atoms with E-state index in [2.05, 4.69) is 43.2 Å². The number of aliphatic hydroxyl groups excluding tert-OH is 1. The summed E-state index contributed by atoms with van der Waals surface area (Å²) in [5, 5.41) is 17.2. The van der Waals surface area contributed by atoms with Gasteiger partial charge in [-0.25, -0.2) is 4.68 Å². The normalized spacial score (nSPS) is 12.7. The first-order valence-electron chi connectivity index (χ1n) is 7.29. The smallest absolute Gasteiger partial charge is 0.119 e. The van der Waals surface area contributed by atoms with Crippen LogP contribution in [-0.4, -0.2) is 26.7 Å². The lowest BCUT2D eigenvalue weighted by atomic mass is 9.98. The van der Waals surface area contributed by atoms with Crippen LogP contribution in [0.25, 0.3) is 0 Å². The van der Waals surface area contributed by atoms with E-state index in [1.807, 2.05) is 6.07 Å². The maximum atomic E-state index is 9.39. The Labute approximate surface area is 125 Å². The van der Waals surface area contributed by atoms with Crippen LogP contribution in [0, 0.1) is 6.92 Å². The summed E-state index contributed by atoms with van der Waals surface area (Å²) in [6, 6.07) is 6.19. The van der Waals surface area contributed by atoms with E-state index in [1.54, 1.807) is 17.8 Å². The predicted molar refractivity (Wildman–Crippen MR) is 81.4 cm³/mol. The molecule has 1 atom stereocenters. The number of aromatic nitrogens is 3. The molecule has 1 aromatic carbocycles. The Morgan fingerprint density at radius 3 is 2.62 bits per heavy atom. The van der Waals surface area contributed by atoms with Crippen LogP contribution >= 0.6 is 0 Å². The molecule has 0 saturated carbocycles. The second kappa shape index (κ2) is 6.72. The monoisotopic (exact) mass is 289 g/mol. The van der Waals surface area contributed by atoms with E-state index in [-0.39, 0.29) is 0 Å². The summed E-state index contributed by atoms with van der Waals surface area (Å²) in [5.74, 6) is 1.39. The average Bonchev–Trinajstić information content (AvgIpc) is 2.87. The Bertz CT molecular complexity index is 591. The van der Waals surface area contributed by atoms with Crippen LogP contribution in [0.4, 0.5) is 0 Å². The minimum atomic E-state index is -0.592. The fourth-order valence-corrected chi connectivity index (χ4v) is 2.26. The highest BCUT2D eigenvalue weighted by Gasteiger charge is 2.07. The molecule has 0 aliphatic rings. The lowest BCUT2D eigenvalue weighted by Gasteiger charge is -2.12. The van der Waals surface area contributed by atoms with E-state index in [9.17, 15) is 5.11 Å². The Morgan fingerprint density at radius 1 is 1.29 bits per heavy atom. The largest absolute Gasteiger partial charge is 0.492 e. The van der Waals surface area contributed by atoms with Crippen LogP contribution in [0.3, 0.4) is 0 Å². The van der Waals surface area contributed by atoms with E-state index in [0.29, 0.717) is 24.8 Å². The van der Waals surface area contributed by atoms with Crippen LogP contribution in [0.15, 0.2) is 24.4 Å². The van der Waals surface area contributed by atoms with Gasteiger partial charge in [0.05, 0.1) is 18.8 Å². The summed E-state index contributed by atoms with van der Waals surface area (Å²) in [6.07, 6.45) is 1.15. The molecule has 0 aliphatic heterocycles. The second-order valence-electron chi connectivity index (χ2n) is 5.60. The van der Waals surface area contributed by atoms with E-state index in [4.69, 9.17) is 4.74 Å². The van der Waals surface area contributed by atoms with Crippen molar-refractivity contribution in [3.05, 3.63) is 41.2 Å². The Hall–Kier alpha value is -1.88. The van der Waals surface area contributed by atoms with Crippen molar-refractivity contribution in [2.45, 2.75) is 46.3 Å². The van der Waals surface area contributed by atoms with Crippen LogP contribution in [-0.2, 0) is 6.54 Å². The van der Waals surface area contributed by atoms with E-state index in [1.165, 1.54) is 11.1 Å². The number of rotatable bonds is 6. The first-order chi connectivity index (χ1) is 9.97. The fraction of sp³-hybridized carbons (Fsp3) is 0.500. The van der Waals surface area contributed by atoms with Crippen molar-refractivity contribution in [3.63, 3.8) is 0 Å². The highest BCUT2D eigenvalue weighted by molar-refractivity contribution is 5.36. The number of benzene rings is 1. The summed E-state index contributed by atoms with van der Waals surface area (Å²) >= 11 is 0. The molecule has 2 aromatic rings. The molecule has 1 unspecified atom stereocenters. The zero-order chi connectivity index (χ0) is 15.4. The van der Waals surface area contributed by atoms with Gasteiger partial charge in [0, 0.05) is 0 Å². The van der Waals surface area contributed by atoms with Gasteiger partial charge in [0.2, 0.25) is 0 Å². The van der Waals surface area contributed by atoms with Crippen LogP contribution in [0.1, 0.15) is 49.6 Å². The number of nitrogens with zero attached hydrogens (tertiary/aromatic N) is 3. The molecule has 0 spiro atoms. The Morgan fingerprint density at radius 2 is 2.05 bits per heavy atom. The van der Waals surface area contributed by atoms with Gasteiger partial charge in [-0.15, -0.1) is 5.10 Å². The van der Waals surface area contributed by atoms with Crippen molar-refractivity contribution in [2.75, 3.05) is 6.61 Å². The molecule has 2 rings (SSSR count). The van der Waals surface area contributed by atoms with Gasteiger partial charge >= 0.3 is 0 Å². The van der Waals surface area contributed by atoms with E-state index in [0.717, 1.165) is 5.75 Å². The van der Waals surface area contributed by atoms with Crippen molar-refractivity contribution in [1.29, 1.82) is 0 Å². The maximum Gasteiger partial charge on any atom is 0.119 e. The summed E-state index contributed by atoms with van der Waals surface area (Å²) in [5.41, 5.74) is 3.17. The molecule has 0 fully saturated rings. The van der Waals surface area contributed by atoms with Crippen molar-refractivity contribution < 1.29 is 9.84 Å².